The first kappa shape index (κ1) is 28.2. The molecule has 0 saturated heterocycles. The zero-order chi connectivity index (χ0) is 29.3. The summed E-state index contributed by atoms with van der Waals surface area (Å²) in [5, 5.41) is 15.0. The van der Waals surface area contributed by atoms with Crippen LogP contribution in [0.15, 0.2) is 48.8 Å². The van der Waals surface area contributed by atoms with Crippen molar-refractivity contribution >= 4 is 23.3 Å². The number of carbonyl (C=O) groups is 2. The number of benzene rings is 1. The molecule has 3 heterocycles. The lowest BCUT2D eigenvalue weighted by Gasteiger charge is -2.33. The van der Waals surface area contributed by atoms with E-state index in [-0.39, 0.29) is 23.4 Å². The maximum Gasteiger partial charge on any atom is 0.407 e. The van der Waals surface area contributed by atoms with Gasteiger partial charge in [0.15, 0.2) is 11.4 Å². The number of rotatable bonds is 7. The van der Waals surface area contributed by atoms with E-state index in [1.165, 1.54) is 22.3 Å². The lowest BCUT2D eigenvalue weighted by Crippen LogP contribution is -2.49. The van der Waals surface area contributed by atoms with E-state index >= 15 is 0 Å². The van der Waals surface area contributed by atoms with E-state index in [9.17, 15) is 18.4 Å². The van der Waals surface area contributed by atoms with Crippen molar-refractivity contribution in [1.82, 2.24) is 29.7 Å². The summed E-state index contributed by atoms with van der Waals surface area (Å²) < 4.78 is 36.3. The van der Waals surface area contributed by atoms with Crippen LogP contribution in [0.25, 0.3) is 22.6 Å². The Balaban J connectivity index is 1.38. The first-order valence-corrected chi connectivity index (χ1v) is 13.6. The number of anilines is 1. The normalized spacial score (nSPS) is 17.5. The van der Waals surface area contributed by atoms with Gasteiger partial charge in [-0.15, -0.1) is 0 Å². The SMILES string of the molecule is CC(=O)c1ccc(-n2cc(-c3cc4nc(N[C@@H]5CCCC[C@@H]5NC(=O)OC(C)(C)C)ccn4n3)c(C(F)F)n2)cc1. The predicted octanol–water partition coefficient (Wildman–Crippen LogP) is 5.97. The Kier molecular flexibility index (Phi) is 7.74. The van der Waals surface area contributed by atoms with E-state index in [1.807, 2.05) is 20.8 Å². The van der Waals surface area contributed by atoms with E-state index in [0.29, 0.717) is 28.4 Å². The fourth-order valence-electron chi connectivity index (χ4n) is 4.94. The van der Waals surface area contributed by atoms with Gasteiger partial charge < -0.3 is 15.4 Å². The highest BCUT2D eigenvalue weighted by atomic mass is 19.3. The van der Waals surface area contributed by atoms with Crippen molar-refractivity contribution in [2.24, 2.45) is 0 Å². The van der Waals surface area contributed by atoms with E-state index in [1.54, 1.807) is 42.6 Å². The number of hydrogen-bond acceptors (Lipinski definition) is 7. The molecule has 1 saturated carbocycles. The summed E-state index contributed by atoms with van der Waals surface area (Å²) in [5.41, 5.74) is 1.03. The topological polar surface area (TPSA) is 115 Å². The number of halogens is 2. The van der Waals surface area contributed by atoms with Crippen LogP contribution in [0.1, 0.15) is 75.9 Å². The fourth-order valence-corrected chi connectivity index (χ4v) is 4.94. The molecule has 5 rings (SSSR count). The number of fused-ring (bicyclic) bond motifs is 1. The summed E-state index contributed by atoms with van der Waals surface area (Å²) in [4.78, 5) is 28.6. The van der Waals surface area contributed by atoms with Crippen LogP contribution < -0.4 is 10.6 Å². The first-order valence-electron chi connectivity index (χ1n) is 13.6. The maximum atomic E-state index is 14.0. The molecule has 1 aliphatic carbocycles. The summed E-state index contributed by atoms with van der Waals surface area (Å²) in [6.07, 6.45) is 3.61. The molecule has 1 aromatic carbocycles. The first-order chi connectivity index (χ1) is 19.5. The Morgan fingerprint density at radius 3 is 2.41 bits per heavy atom. The van der Waals surface area contributed by atoms with Crippen LogP contribution in [0, 0.1) is 0 Å². The minimum atomic E-state index is -2.82. The smallest absolute Gasteiger partial charge is 0.407 e. The fraction of sp³-hybridized carbons (Fsp3) is 0.414. The Morgan fingerprint density at radius 2 is 1.76 bits per heavy atom. The molecule has 0 bridgehead atoms. The minimum Gasteiger partial charge on any atom is -0.444 e. The van der Waals surface area contributed by atoms with Crippen LogP contribution in [0.5, 0.6) is 0 Å². The number of carbonyl (C=O) groups excluding carboxylic acids is 2. The molecular weight excluding hydrogens is 532 g/mol. The molecule has 216 valence electrons. The van der Waals surface area contributed by atoms with Gasteiger partial charge in [-0.3, -0.25) is 4.79 Å². The lowest BCUT2D eigenvalue weighted by molar-refractivity contribution is 0.0488. The Hall–Kier alpha value is -4.35. The van der Waals surface area contributed by atoms with Crippen molar-refractivity contribution in [3.05, 3.63) is 60.0 Å². The summed E-state index contributed by atoms with van der Waals surface area (Å²) >= 11 is 0. The summed E-state index contributed by atoms with van der Waals surface area (Å²) in [6, 6.07) is 9.79. The van der Waals surface area contributed by atoms with Crippen molar-refractivity contribution < 1.29 is 23.1 Å². The van der Waals surface area contributed by atoms with Crippen molar-refractivity contribution in [2.75, 3.05) is 5.32 Å². The number of aromatic nitrogens is 5. The van der Waals surface area contributed by atoms with Crippen LogP contribution in [0.4, 0.5) is 19.4 Å². The van der Waals surface area contributed by atoms with Crippen molar-refractivity contribution in [3.63, 3.8) is 0 Å². The van der Waals surface area contributed by atoms with Gasteiger partial charge in [0, 0.05) is 35.6 Å². The number of ketones is 1. The Morgan fingerprint density at radius 1 is 1.05 bits per heavy atom. The average molecular weight is 566 g/mol. The molecule has 0 spiro atoms. The minimum absolute atomic E-state index is 0.0494. The number of alkyl carbamates (subject to hydrolysis) is 1. The van der Waals surface area contributed by atoms with Crippen LogP contribution in [0.2, 0.25) is 0 Å². The third-order valence-corrected chi connectivity index (χ3v) is 6.89. The van der Waals surface area contributed by atoms with Crippen LogP contribution in [-0.2, 0) is 4.74 Å². The highest BCUT2D eigenvalue weighted by molar-refractivity contribution is 5.94. The number of nitrogens with one attached hydrogen (secondary N) is 2. The van der Waals surface area contributed by atoms with Gasteiger partial charge in [-0.2, -0.15) is 10.2 Å². The Bertz CT molecular complexity index is 1560. The maximum absolute atomic E-state index is 14.0. The number of nitrogens with zero attached hydrogens (tertiary/aromatic N) is 5. The Labute approximate surface area is 236 Å². The molecular formula is C29H33F2N7O3. The lowest BCUT2D eigenvalue weighted by atomic mass is 9.90. The average Bonchev–Trinajstić information content (AvgIpc) is 3.53. The standard InChI is InChI=1S/C29H33F2N7O3/c1-17(39)18-9-11-19(12-10-18)38-16-20(26(36-38)27(30)31)23-15-25-34-24(13-14-37(25)35-23)32-21-7-5-6-8-22(21)33-28(40)41-29(2,3)4/h9-16,21-22,27H,5-8H2,1-4H3,(H,32,34)(H,33,40)/t21-,22+/m1/s1. The largest absolute Gasteiger partial charge is 0.444 e. The van der Waals surface area contributed by atoms with Gasteiger partial charge in [-0.05, 0) is 70.9 Å². The van der Waals surface area contributed by atoms with Gasteiger partial charge in [-0.1, -0.05) is 12.8 Å². The van der Waals surface area contributed by atoms with Gasteiger partial charge in [0.2, 0.25) is 0 Å². The second-order valence-electron chi connectivity index (χ2n) is 11.2. The van der Waals surface area contributed by atoms with E-state index < -0.39 is 23.8 Å². The molecule has 0 radical (unpaired) electrons. The quantitative estimate of drug-likeness (QED) is 0.265. The number of hydrogen-bond donors (Lipinski definition) is 2. The van der Waals surface area contributed by atoms with Gasteiger partial charge >= 0.3 is 6.09 Å². The van der Waals surface area contributed by atoms with Crippen molar-refractivity contribution in [2.45, 2.75) is 77.5 Å². The number of Topliss-reactive ketones (excluding diaryl/α,β-unsaturated/α-hetero) is 1. The number of alkyl halides is 2. The van der Waals surface area contributed by atoms with Gasteiger partial charge in [0.05, 0.1) is 17.4 Å². The molecule has 10 nitrogen and oxygen atoms in total. The highest BCUT2D eigenvalue weighted by Gasteiger charge is 2.29. The van der Waals surface area contributed by atoms with Gasteiger partial charge in [-0.25, -0.2) is 27.8 Å². The molecule has 2 atom stereocenters. The van der Waals surface area contributed by atoms with Crippen molar-refractivity contribution in [1.29, 1.82) is 0 Å². The number of ether oxygens (including phenoxy) is 1. The third-order valence-electron chi connectivity index (χ3n) is 6.89. The molecule has 0 aliphatic heterocycles. The summed E-state index contributed by atoms with van der Waals surface area (Å²) in [5.74, 6) is 0.498. The summed E-state index contributed by atoms with van der Waals surface area (Å²) in [7, 11) is 0. The molecule has 2 N–H and O–H groups in total. The molecule has 1 aliphatic rings. The zero-order valence-corrected chi connectivity index (χ0v) is 23.4. The van der Waals surface area contributed by atoms with E-state index in [4.69, 9.17) is 4.74 Å². The summed E-state index contributed by atoms with van der Waals surface area (Å²) in [6.45, 7) is 6.93. The number of amides is 1. The molecule has 12 heteroatoms. The monoisotopic (exact) mass is 565 g/mol. The molecule has 41 heavy (non-hydrogen) atoms. The third kappa shape index (κ3) is 6.53. The molecule has 0 unspecified atom stereocenters. The predicted molar refractivity (Wildman–Crippen MR) is 150 cm³/mol. The molecule has 1 amide bonds. The van der Waals surface area contributed by atoms with E-state index in [0.717, 1.165) is 25.7 Å². The second kappa shape index (κ2) is 11.3. The van der Waals surface area contributed by atoms with Gasteiger partial charge in [0.1, 0.15) is 17.1 Å². The molecule has 3 aromatic heterocycles. The molecule has 4 aromatic rings. The highest BCUT2D eigenvalue weighted by Crippen LogP contribution is 2.31. The van der Waals surface area contributed by atoms with Crippen LogP contribution in [-0.4, -0.2) is 53.9 Å². The van der Waals surface area contributed by atoms with E-state index in [2.05, 4.69) is 25.8 Å². The van der Waals surface area contributed by atoms with Crippen LogP contribution >= 0.6 is 0 Å². The van der Waals surface area contributed by atoms with Crippen molar-refractivity contribution in [3.8, 4) is 16.9 Å². The van der Waals surface area contributed by atoms with Gasteiger partial charge in [0.25, 0.3) is 6.43 Å². The van der Waals surface area contributed by atoms with Crippen LogP contribution in [0.3, 0.4) is 0 Å². The zero-order valence-electron chi connectivity index (χ0n) is 23.4. The second-order valence-corrected chi connectivity index (χ2v) is 11.2. The molecule has 1 fully saturated rings.